The van der Waals surface area contributed by atoms with E-state index in [-0.39, 0.29) is 6.04 Å². The third-order valence-electron chi connectivity index (χ3n) is 3.81. The van der Waals surface area contributed by atoms with E-state index in [0.717, 1.165) is 19.3 Å². The third kappa shape index (κ3) is 2.94. The highest BCUT2D eigenvalue weighted by molar-refractivity contribution is 4.90. The van der Waals surface area contributed by atoms with Crippen LogP contribution in [-0.2, 0) is 4.74 Å². The van der Waals surface area contributed by atoms with E-state index in [2.05, 4.69) is 12.2 Å². The number of rotatable bonds is 3. The van der Waals surface area contributed by atoms with Gasteiger partial charge in [-0.1, -0.05) is 19.8 Å². The molecule has 4 atom stereocenters. The number of aliphatic hydroxyl groups is 2. The zero-order chi connectivity index (χ0) is 11.6. The van der Waals surface area contributed by atoms with Gasteiger partial charge in [0.1, 0.15) is 0 Å². The molecule has 1 saturated heterocycles. The van der Waals surface area contributed by atoms with Crippen LogP contribution < -0.4 is 5.32 Å². The SMILES string of the molecule is CC1CCCC(O)(CNC2COCC2O)C1. The van der Waals surface area contributed by atoms with E-state index in [1.807, 2.05) is 0 Å². The number of ether oxygens (including phenoxy) is 1. The normalized spacial score (nSPS) is 44.8. The van der Waals surface area contributed by atoms with Crippen LogP contribution in [0.1, 0.15) is 32.6 Å². The summed E-state index contributed by atoms with van der Waals surface area (Å²) in [7, 11) is 0. The molecule has 2 aliphatic rings. The van der Waals surface area contributed by atoms with Gasteiger partial charge in [0.15, 0.2) is 0 Å². The number of hydrogen-bond acceptors (Lipinski definition) is 4. The Labute approximate surface area is 97.0 Å². The average Bonchev–Trinajstić information content (AvgIpc) is 2.61. The first-order chi connectivity index (χ1) is 7.59. The maximum Gasteiger partial charge on any atom is 0.0948 e. The lowest BCUT2D eigenvalue weighted by molar-refractivity contribution is -0.0160. The second-order valence-corrected chi connectivity index (χ2v) is 5.52. The molecule has 4 unspecified atom stereocenters. The molecule has 1 aliphatic heterocycles. The topological polar surface area (TPSA) is 61.7 Å². The van der Waals surface area contributed by atoms with Crippen molar-refractivity contribution in [3.8, 4) is 0 Å². The molecule has 0 aromatic rings. The number of aliphatic hydroxyl groups excluding tert-OH is 1. The molecular formula is C12H23NO3. The highest BCUT2D eigenvalue weighted by Crippen LogP contribution is 2.31. The second-order valence-electron chi connectivity index (χ2n) is 5.52. The van der Waals surface area contributed by atoms with Crippen molar-refractivity contribution in [2.24, 2.45) is 5.92 Å². The zero-order valence-electron chi connectivity index (χ0n) is 9.98. The first kappa shape index (κ1) is 12.3. The van der Waals surface area contributed by atoms with Gasteiger partial charge in [0.05, 0.1) is 31.0 Å². The Bertz CT molecular complexity index is 236. The maximum atomic E-state index is 10.4. The van der Waals surface area contributed by atoms with Gasteiger partial charge in [-0.05, 0) is 18.8 Å². The second kappa shape index (κ2) is 5.00. The van der Waals surface area contributed by atoms with Crippen LogP contribution in [-0.4, -0.2) is 47.7 Å². The zero-order valence-corrected chi connectivity index (χ0v) is 9.98. The summed E-state index contributed by atoms with van der Waals surface area (Å²) >= 11 is 0. The summed E-state index contributed by atoms with van der Waals surface area (Å²) in [6.45, 7) is 3.72. The van der Waals surface area contributed by atoms with Crippen LogP contribution in [0.25, 0.3) is 0 Å². The predicted molar refractivity (Wildman–Crippen MR) is 61.2 cm³/mol. The molecule has 16 heavy (non-hydrogen) atoms. The van der Waals surface area contributed by atoms with E-state index in [4.69, 9.17) is 4.74 Å². The fraction of sp³-hybridized carbons (Fsp3) is 1.00. The molecule has 0 aromatic carbocycles. The highest BCUT2D eigenvalue weighted by Gasteiger charge is 2.34. The van der Waals surface area contributed by atoms with Crippen molar-refractivity contribution < 1.29 is 14.9 Å². The van der Waals surface area contributed by atoms with Crippen LogP contribution in [0, 0.1) is 5.92 Å². The van der Waals surface area contributed by atoms with E-state index in [9.17, 15) is 10.2 Å². The van der Waals surface area contributed by atoms with Crippen molar-refractivity contribution in [3.05, 3.63) is 0 Å². The molecule has 0 aromatic heterocycles. The summed E-state index contributed by atoms with van der Waals surface area (Å²) in [5.41, 5.74) is -0.583. The summed E-state index contributed by atoms with van der Waals surface area (Å²) in [5.74, 6) is 0.602. The molecule has 4 nitrogen and oxygen atoms in total. The molecule has 3 N–H and O–H groups in total. The van der Waals surface area contributed by atoms with Gasteiger partial charge in [-0.2, -0.15) is 0 Å². The minimum Gasteiger partial charge on any atom is -0.389 e. The van der Waals surface area contributed by atoms with Crippen LogP contribution in [0.3, 0.4) is 0 Å². The Morgan fingerprint density at radius 1 is 1.44 bits per heavy atom. The molecule has 2 rings (SSSR count). The van der Waals surface area contributed by atoms with E-state index < -0.39 is 11.7 Å². The molecule has 94 valence electrons. The van der Waals surface area contributed by atoms with Crippen LogP contribution in [0.15, 0.2) is 0 Å². The first-order valence-corrected chi connectivity index (χ1v) is 6.31. The minimum absolute atomic E-state index is 0.0127. The van der Waals surface area contributed by atoms with E-state index in [0.29, 0.717) is 25.7 Å². The molecule has 0 spiro atoms. The molecule has 1 heterocycles. The lowest BCUT2D eigenvalue weighted by atomic mass is 9.79. The van der Waals surface area contributed by atoms with Gasteiger partial charge in [0.2, 0.25) is 0 Å². The smallest absolute Gasteiger partial charge is 0.0948 e. The third-order valence-corrected chi connectivity index (χ3v) is 3.81. The van der Waals surface area contributed by atoms with Gasteiger partial charge in [0.25, 0.3) is 0 Å². The van der Waals surface area contributed by atoms with Crippen molar-refractivity contribution in [3.63, 3.8) is 0 Å². The van der Waals surface area contributed by atoms with Gasteiger partial charge < -0.3 is 20.3 Å². The predicted octanol–water partition coefficient (Wildman–Crippen LogP) is 0.277. The number of hydrogen-bond donors (Lipinski definition) is 3. The van der Waals surface area contributed by atoms with Gasteiger partial charge in [-0.3, -0.25) is 0 Å². The van der Waals surface area contributed by atoms with Gasteiger partial charge in [-0.15, -0.1) is 0 Å². The summed E-state index contributed by atoms with van der Waals surface area (Å²) in [4.78, 5) is 0. The minimum atomic E-state index is -0.583. The molecular weight excluding hydrogens is 206 g/mol. The Hall–Kier alpha value is -0.160. The number of nitrogens with one attached hydrogen (secondary N) is 1. The molecule has 4 heteroatoms. The highest BCUT2D eigenvalue weighted by atomic mass is 16.5. The Kier molecular flexibility index (Phi) is 3.85. The van der Waals surface area contributed by atoms with Crippen molar-refractivity contribution in [1.82, 2.24) is 5.32 Å². The molecule has 2 fully saturated rings. The summed E-state index contributed by atoms with van der Waals surface area (Å²) in [5, 5.41) is 23.2. The van der Waals surface area contributed by atoms with Crippen LogP contribution in [0.2, 0.25) is 0 Å². The lowest BCUT2D eigenvalue weighted by Gasteiger charge is -2.36. The van der Waals surface area contributed by atoms with Crippen molar-refractivity contribution >= 4 is 0 Å². The van der Waals surface area contributed by atoms with Crippen LogP contribution in [0.4, 0.5) is 0 Å². The quantitative estimate of drug-likeness (QED) is 0.650. The molecule has 1 saturated carbocycles. The lowest BCUT2D eigenvalue weighted by Crippen LogP contribution is -2.50. The van der Waals surface area contributed by atoms with Gasteiger partial charge >= 0.3 is 0 Å². The fourth-order valence-corrected chi connectivity index (χ4v) is 2.85. The van der Waals surface area contributed by atoms with E-state index in [1.54, 1.807) is 0 Å². The Morgan fingerprint density at radius 2 is 2.25 bits per heavy atom. The summed E-state index contributed by atoms with van der Waals surface area (Å²) < 4.78 is 5.17. The maximum absolute atomic E-state index is 10.4. The standard InChI is InChI=1S/C12H23NO3/c1-9-3-2-4-12(15,5-9)8-13-10-6-16-7-11(10)14/h9-11,13-15H,2-8H2,1H3. The van der Waals surface area contributed by atoms with Gasteiger partial charge in [0, 0.05) is 6.54 Å². The largest absolute Gasteiger partial charge is 0.389 e. The van der Waals surface area contributed by atoms with Crippen LogP contribution in [0.5, 0.6) is 0 Å². The summed E-state index contributed by atoms with van der Waals surface area (Å²) in [6.07, 6.45) is 3.63. The fourth-order valence-electron chi connectivity index (χ4n) is 2.85. The Morgan fingerprint density at radius 3 is 2.88 bits per heavy atom. The molecule has 0 bridgehead atoms. The van der Waals surface area contributed by atoms with Gasteiger partial charge in [-0.25, -0.2) is 0 Å². The summed E-state index contributed by atoms with van der Waals surface area (Å²) in [6, 6.07) is -0.0127. The average molecular weight is 229 g/mol. The van der Waals surface area contributed by atoms with E-state index >= 15 is 0 Å². The first-order valence-electron chi connectivity index (χ1n) is 6.31. The monoisotopic (exact) mass is 229 g/mol. The van der Waals surface area contributed by atoms with Crippen molar-refractivity contribution in [1.29, 1.82) is 0 Å². The van der Waals surface area contributed by atoms with Crippen molar-refractivity contribution in [2.45, 2.75) is 50.4 Å². The Balaban J connectivity index is 1.79. The van der Waals surface area contributed by atoms with Crippen molar-refractivity contribution in [2.75, 3.05) is 19.8 Å². The molecule has 0 amide bonds. The van der Waals surface area contributed by atoms with Crippen LogP contribution >= 0.6 is 0 Å². The molecule has 1 aliphatic carbocycles. The molecule has 0 radical (unpaired) electrons. The van der Waals surface area contributed by atoms with E-state index in [1.165, 1.54) is 6.42 Å².